The molecule has 0 spiro atoms. The molecule has 2 N–H and O–H groups in total. The summed E-state index contributed by atoms with van der Waals surface area (Å²) in [6.45, 7) is 5.14. The monoisotopic (exact) mass is 115 g/mol. The summed E-state index contributed by atoms with van der Waals surface area (Å²) in [6, 6.07) is 0. The third kappa shape index (κ3) is 1.93. The summed E-state index contributed by atoms with van der Waals surface area (Å²) in [5, 5.41) is 0. The van der Waals surface area contributed by atoms with E-state index in [0.29, 0.717) is 6.41 Å². The van der Waals surface area contributed by atoms with E-state index >= 15 is 0 Å². The fourth-order valence-corrected chi connectivity index (χ4v) is 0.392. The Kier molecular flexibility index (Phi) is 3.19. The molecule has 0 aliphatic heterocycles. The van der Waals surface area contributed by atoms with Gasteiger partial charge in [-0.15, -0.1) is 0 Å². The first-order valence-electron chi connectivity index (χ1n) is 2.50. The maximum absolute atomic E-state index is 9.99. The van der Waals surface area contributed by atoms with E-state index in [1.54, 1.807) is 20.4 Å². The normalized spacial score (nSPS) is 12.9. The van der Waals surface area contributed by atoms with Crippen molar-refractivity contribution in [3.63, 3.8) is 0 Å². The third-order valence-corrected chi connectivity index (χ3v) is 0.890. The van der Waals surface area contributed by atoms with E-state index in [-0.39, 0.29) is 6.17 Å². The number of hydrogen-bond donors (Lipinski definition) is 1. The van der Waals surface area contributed by atoms with E-state index in [1.807, 2.05) is 0 Å². The first-order valence-corrected chi connectivity index (χ1v) is 2.50. The standard InChI is InChI=1S/C5H11N2O/c1-3-7(4-8)5(2)6/h3-5H,6H2,1-2H3. The van der Waals surface area contributed by atoms with Crippen molar-refractivity contribution in [2.24, 2.45) is 5.73 Å². The van der Waals surface area contributed by atoms with Crippen LogP contribution >= 0.6 is 0 Å². The highest BCUT2D eigenvalue weighted by molar-refractivity contribution is 5.48. The van der Waals surface area contributed by atoms with Crippen LogP contribution in [0.1, 0.15) is 13.8 Å². The van der Waals surface area contributed by atoms with Crippen molar-refractivity contribution in [1.82, 2.24) is 4.90 Å². The summed E-state index contributed by atoms with van der Waals surface area (Å²) in [5.74, 6) is 0. The van der Waals surface area contributed by atoms with Crippen LogP contribution in [0.4, 0.5) is 0 Å². The van der Waals surface area contributed by atoms with Gasteiger partial charge < -0.3 is 10.6 Å². The lowest BCUT2D eigenvalue weighted by molar-refractivity contribution is -0.118. The highest BCUT2D eigenvalue weighted by atomic mass is 16.1. The summed E-state index contributed by atoms with van der Waals surface area (Å²) < 4.78 is 0. The largest absolute Gasteiger partial charge is 0.325 e. The minimum atomic E-state index is -0.211. The minimum absolute atomic E-state index is 0.211. The zero-order valence-electron chi connectivity index (χ0n) is 5.16. The Balaban J connectivity index is 3.51. The van der Waals surface area contributed by atoms with Gasteiger partial charge in [-0.1, -0.05) is 0 Å². The molecule has 3 nitrogen and oxygen atoms in total. The molecule has 0 saturated heterocycles. The molecule has 8 heavy (non-hydrogen) atoms. The van der Waals surface area contributed by atoms with Crippen LogP contribution in [0, 0.1) is 6.54 Å². The van der Waals surface area contributed by atoms with Crippen molar-refractivity contribution >= 4 is 6.41 Å². The molecule has 0 saturated carbocycles. The van der Waals surface area contributed by atoms with E-state index in [0.717, 1.165) is 0 Å². The molecular weight excluding hydrogens is 104 g/mol. The van der Waals surface area contributed by atoms with E-state index in [1.165, 1.54) is 4.90 Å². The summed E-state index contributed by atoms with van der Waals surface area (Å²) in [7, 11) is 0. The average molecular weight is 115 g/mol. The molecule has 0 aliphatic carbocycles. The van der Waals surface area contributed by atoms with Crippen LogP contribution in [-0.2, 0) is 4.79 Å². The first kappa shape index (κ1) is 7.43. The Labute approximate surface area is 49.5 Å². The van der Waals surface area contributed by atoms with Gasteiger partial charge in [0, 0.05) is 0 Å². The Morgan fingerprint density at radius 1 is 1.75 bits per heavy atom. The highest BCUT2D eigenvalue weighted by Gasteiger charge is 2.00. The summed E-state index contributed by atoms with van der Waals surface area (Å²) in [4.78, 5) is 11.4. The number of amides is 1. The summed E-state index contributed by atoms with van der Waals surface area (Å²) >= 11 is 0. The molecule has 0 rings (SSSR count). The SMILES string of the molecule is C[CH]N(C=O)C(C)N. The van der Waals surface area contributed by atoms with Crippen molar-refractivity contribution in [2.45, 2.75) is 20.0 Å². The number of hydrogen-bond acceptors (Lipinski definition) is 2. The summed E-state index contributed by atoms with van der Waals surface area (Å²) in [6.07, 6.45) is 0.488. The van der Waals surface area contributed by atoms with Gasteiger partial charge in [-0.2, -0.15) is 0 Å². The molecule has 0 aliphatic rings. The van der Waals surface area contributed by atoms with Crippen molar-refractivity contribution in [2.75, 3.05) is 0 Å². The van der Waals surface area contributed by atoms with E-state index in [9.17, 15) is 4.79 Å². The van der Waals surface area contributed by atoms with Crippen LogP contribution in [0.3, 0.4) is 0 Å². The maximum atomic E-state index is 9.99. The zero-order valence-corrected chi connectivity index (χ0v) is 5.16. The van der Waals surface area contributed by atoms with Crippen molar-refractivity contribution in [1.29, 1.82) is 0 Å². The van der Waals surface area contributed by atoms with Crippen molar-refractivity contribution in [3.8, 4) is 0 Å². The second kappa shape index (κ2) is 3.43. The Morgan fingerprint density at radius 2 is 2.25 bits per heavy atom. The van der Waals surface area contributed by atoms with Gasteiger partial charge in [-0.3, -0.25) is 4.79 Å². The molecule has 1 unspecified atom stereocenters. The second-order valence-corrected chi connectivity index (χ2v) is 1.55. The lowest BCUT2D eigenvalue weighted by Crippen LogP contribution is -2.35. The average Bonchev–Trinajstić information content (AvgIpc) is 1.69. The number of carbonyl (C=O) groups excluding carboxylic acids is 1. The molecule has 0 aromatic carbocycles. The van der Waals surface area contributed by atoms with Gasteiger partial charge in [0.2, 0.25) is 6.41 Å². The van der Waals surface area contributed by atoms with Gasteiger partial charge in [-0.05, 0) is 13.8 Å². The van der Waals surface area contributed by atoms with E-state index in [4.69, 9.17) is 5.73 Å². The molecule has 1 amide bonds. The molecule has 3 heteroatoms. The van der Waals surface area contributed by atoms with E-state index < -0.39 is 0 Å². The Morgan fingerprint density at radius 3 is 2.25 bits per heavy atom. The molecule has 0 fully saturated rings. The van der Waals surface area contributed by atoms with Gasteiger partial charge in [0.1, 0.15) is 0 Å². The second-order valence-electron chi connectivity index (χ2n) is 1.55. The van der Waals surface area contributed by atoms with Crippen LogP contribution in [0.2, 0.25) is 0 Å². The predicted octanol–water partition coefficient (Wildman–Crippen LogP) is -0.0688. The molecular formula is C5H11N2O. The zero-order chi connectivity index (χ0) is 6.57. The predicted molar refractivity (Wildman–Crippen MR) is 31.5 cm³/mol. The maximum Gasteiger partial charge on any atom is 0.211 e. The number of rotatable bonds is 3. The van der Waals surface area contributed by atoms with Gasteiger partial charge in [-0.25, -0.2) is 0 Å². The van der Waals surface area contributed by atoms with Crippen LogP contribution in [0.15, 0.2) is 0 Å². The Bertz CT molecular complexity index is 72.8. The topological polar surface area (TPSA) is 46.3 Å². The third-order valence-electron chi connectivity index (χ3n) is 0.890. The van der Waals surface area contributed by atoms with Crippen LogP contribution in [0.5, 0.6) is 0 Å². The molecule has 1 atom stereocenters. The fourth-order valence-electron chi connectivity index (χ4n) is 0.392. The molecule has 1 radical (unpaired) electrons. The fraction of sp³-hybridized carbons (Fsp3) is 0.600. The smallest absolute Gasteiger partial charge is 0.211 e. The molecule has 0 bridgehead atoms. The first-order chi connectivity index (χ1) is 3.72. The van der Waals surface area contributed by atoms with Gasteiger partial charge >= 0.3 is 0 Å². The van der Waals surface area contributed by atoms with Crippen LogP contribution in [-0.4, -0.2) is 17.5 Å². The van der Waals surface area contributed by atoms with Crippen LogP contribution in [0.25, 0.3) is 0 Å². The van der Waals surface area contributed by atoms with Gasteiger partial charge in [0.05, 0.1) is 12.7 Å². The van der Waals surface area contributed by atoms with Crippen molar-refractivity contribution < 1.29 is 4.79 Å². The molecule has 0 aromatic heterocycles. The Hall–Kier alpha value is -0.570. The lowest BCUT2D eigenvalue weighted by Gasteiger charge is -2.17. The number of nitrogens with two attached hydrogens (primary N) is 1. The summed E-state index contributed by atoms with van der Waals surface area (Å²) in [5.41, 5.74) is 5.32. The molecule has 47 valence electrons. The lowest BCUT2D eigenvalue weighted by atomic mass is 10.5. The quantitative estimate of drug-likeness (QED) is 0.413. The van der Waals surface area contributed by atoms with E-state index in [2.05, 4.69) is 0 Å². The molecule has 0 heterocycles. The minimum Gasteiger partial charge on any atom is -0.325 e. The van der Waals surface area contributed by atoms with Crippen molar-refractivity contribution in [3.05, 3.63) is 6.54 Å². The van der Waals surface area contributed by atoms with Gasteiger partial charge in [0.15, 0.2) is 0 Å². The van der Waals surface area contributed by atoms with Gasteiger partial charge in [0.25, 0.3) is 0 Å². The van der Waals surface area contributed by atoms with Crippen LogP contribution < -0.4 is 5.73 Å². The molecule has 0 aromatic rings. The number of nitrogens with zero attached hydrogens (tertiary/aromatic N) is 1. The number of carbonyl (C=O) groups is 1. The highest BCUT2D eigenvalue weighted by Crippen LogP contribution is 1.88.